The highest BCUT2D eigenvalue weighted by Gasteiger charge is 2.28. The van der Waals surface area contributed by atoms with E-state index in [1.54, 1.807) is 12.1 Å². The van der Waals surface area contributed by atoms with Gasteiger partial charge in [-0.3, -0.25) is 0 Å². The Morgan fingerprint density at radius 2 is 2.05 bits per heavy atom. The molecule has 1 heterocycles. The van der Waals surface area contributed by atoms with E-state index in [-0.39, 0.29) is 11.9 Å². The molecule has 0 saturated carbocycles. The second-order valence-electron chi connectivity index (χ2n) is 4.97. The molecule has 110 valence electrons. The number of hydrogen-bond donors (Lipinski definition) is 2. The van der Waals surface area contributed by atoms with Gasteiger partial charge < -0.3 is 19.7 Å². The molecule has 21 heavy (non-hydrogen) atoms. The van der Waals surface area contributed by atoms with Crippen LogP contribution in [0, 0.1) is 0 Å². The van der Waals surface area contributed by atoms with Crippen molar-refractivity contribution in [3.05, 3.63) is 52.0 Å². The van der Waals surface area contributed by atoms with E-state index in [4.69, 9.17) is 9.47 Å². The normalized spacial score (nSPS) is 20.5. The molecule has 2 aromatic carbocycles. The van der Waals surface area contributed by atoms with E-state index >= 15 is 0 Å². The van der Waals surface area contributed by atoms with Crippen molar-refractivity contribution >= 4 is 15.9 Å². The summed E-state index contributed by atoms with van der Waals surface area (Å²) in [6.07, 6.45) is -0.458. The van der Waals surface area contributed by atoms with Gasteiger partial charge in [-0.05, 0) is 35.9 Å². The van der Waals surface area contributed by atoms with Crippen molar-refractivity contribution in [2.24, 2.45) is 0 Å². The fourth-order valence-electron chi connectivity index (χ4n) is 2.53. The predicted octanol–water partition coefficient (Wildman–Crippen LogP) is 3.72. The summed E-state index contributed by atoms with van der Waals surface area (Å²) in [6.45, 7) is 0. The molecule has 0 fully saturated rings. The van der Waals surface area contributed by atoms with Crippen LogP contribution in [0.4, 0.5) is 0 Å². The molecular weight excluding hydrogens is 336 g/mol. The highest BCUT2D eigenvalue weighted by Crippen LogP contribution is 2.43. The van der Waals surface area contributed by atoms with Gasteiger partial charge in [-0.15, -0.1) is 0 Å². The van der Waals surface area contributed by atoms with E-state index < -0.39 is 6.10 Å². The summed E-state index contributed by atoms with van der Waals surface area (Å²) in [7, 11) is 1.50. The number of hydrogen-bond acceptors (Lipinski definition) is 4. The third-order valence-electron chi connectivity index (χ3n) is 3.61. The third kappa shape index (κ3) is 2.71. The van der Waals surface area contributed by atoms with E-state index in [0.717, 1.165) is 15.6 Å². The molecule has 2 atom stereocenters. The quantitative estimate of drug-likeness (QED) is 0.866. The average Bonchev–Trinajstić information content (AvgIpc) is 2.47. The smallest absolute Gasteiger partial charge is 0.160 e. The molecule has 0 aromatic heterocycles. The first-order valence-corrected chi connectivity index (χ1v) is 7.39. The van der Waals surface area contributed by atoms with Gasteiger partial charge in [0.05, 0.1) is 13.2 Å². The van der Waals surface area contributed by atoms with E-state index in [9.17, 15) is 10.2 Å². The molecule has 2 aromatic rings. The van der Waals surface area contributed by atoms with Gasteiger partial charge in [-0.25, -0.2) is 0 Å². The molecule has 0 bridgehead atoms. The van der Waals surface area contributed by atoms with Crippen LogP contribution in [0.15, 0.2) is 40.9 Å². The summed E-state index contributed by atoms with van der Waals surface area (Å²) in [4.78, 5) is 0. The lowest BCUT2D eigenvalue weighted by Gasteiger charge is -2.30. The molecule has 0 aliphatic carbocycles. The Labute approximate surface area is 131 Å². The maximum Gasteiger partial charge on any atom is 0.160 e. The molecular formula is C16H15BrO4. The van der Waals surface area contributed by atoms with Crippen molar-refractivity contribution in [2.75, 3.05) is 7.11 Å². The minimum absolute atomic E-state index is 0.0645. The fraction of sp³-hybridized carbons (Fsp3) is 0.250. The topological polar surface area (TPSA) is 58.9 Å². The summed E-state index contributed by atoms with van der Waals surface area (Å²) in [5.74, 6) is 1.14. The van der Waals surface area contributed by atoms with Crippen LogP contribution in [-0.2, 0) is 0 Å². The molecule has 2 unspecified atom stereocenters. The van der Waals surface area contributed by atoms with Crippen molar-refractivity contribution in [3.63, 3.8) is 0 Å². The molecule has 3 rings (SSSR count). The lowest BCUT2D eigenvalue weighted by Crippen LogP contribution is -2.19. The number of ether oxygens (including phenoxy) is 2. The van der Waals surface area contributed by atoms with Crippen molar-refractivity contribution in [1.29, 1.82) is 0 Å². The summed E-state index contributed by atoms with van der Waals surface area (Å²) in [6, 6.07) is 10.7. The molecule has 5 heteroatoms. The van der Waals surface area contributed by atoms with E-state index in [2.05, 4.69) is 15.9 Å². The molecule has 1 aliphatic rings. The standard InChI is InChI=1S/C16H15BrO4/c1-20-15-4-2-9(6-13(15)19)16-8-12(18)11-7-10(17)3-5-14(11)21-16/h2-7,12,16,18-19H,8H2,1H3. The number of aliphatic hydroxyl groups excluding tert-OH is 1. The monoisotopic (exact) mass is 350 g/mol. The summed E-state index contributed by atoms with van der Waals surface area (Å²) < 4.78 is 11.9. The molecule has 4 nitrogen and oxygen atoms in total. The highest BCUT2D eigenvalue weighted by molar-refractivity contribution is 9.10. The van der Waals surface area contributed by atoms with Gasteiger partial charge in [0.25, 0.3) is 0 Å². The fourth-order valence-corrected chi connectivity index (χ4v) is 2.91. The van der Waals surface area contributed by atoms with Gasteiger partial charge in [-0.1, -0.05) is 22.0 Å². The van der Waals surface area contributed by atoms with Gasteiger partial charge in [0.2, 0.25) is 0 Å². The highest BCUT2D eigenvalue weighted by atomic mass is 79.9. The van der Waals surface area contributed by atoms with Crippen LogP contribution in [0.3, 0.4) is 0 Å². The van der Waals surface area contributed by atoms with Crippen LogP contribution >= 0.6 is 15.9 Å². The lowest BCUT2D eigenvalue weighted by atomic mass is 9.95. The first kappa shape index (κ1) is 14.2. The number of fused-ring (bicyclic) bond motifs is 1. The first-order chi connectivity index (χ1) is 10.1. The summed E-state index contributed by atoms with van der Waals surface area (Å²) in [5, 5.41) is 20.2. The van der Waals surface area contributed by atoms with Crippen LogP contribution in [-0.4, -0.2) is 17.3 Å². The second-order valence-corrected chi connectivity index (χ2v) is 5.89. The number of aromatic hydroxyl groups is 1. The maximum absolute atomic E-state index is 10.3. The minimum Gasteiger partial charge on any atom is -0.504 e. The molecule has 0 radical (unpaired) electrons. The SMILES string of the molecule is COc1ccc(C2CC(O)c3cc(Br)ccc3O2)cc1O. The molecule has 0 spiro atoms. The van der Waals surface area contributed by atoms with Gasteiger partial charge in [0.1, 0.15) is 11.9 Å². The zero-order valence-corrected chi connectivity index (χ0v) is 13.0. The number of aliphatic hydroxyl groups is 1. The minimum atomic E-state index is -0.597. The molecule has 0 amide bonds. The van der Waals surface area contributed by atoms with Gasteiger partial charge in [0.15, 0.2) is 11.5 Å². The molecule has 2 N–H and O–H groups in total. The Bertz CT molecular complexity index is 671. The number of phenolic OH excluding ortho intramolecular Hbond substituents is 1. The van der Waals surface area contributed by atoms with Crippen LogP contribution in [0.1, 0.15) is 29.8 Å². The Hall–Kier alpha value is -1.72. The van der Waals surface area contributed by atoms with E-state index in [1.807, 2.05) is 24.3 Å². The largest absolute Gasteiger partial charge is 0.504 e. The van der Waals surface area contributed by atoms with Crippen molar-refractivity contribution in [3.8, 4) is 17.2 Å². The van der Waals surface area contributed by atoms with Crippen molar-refractivity contribution in [1.82, 2.24) is 0 Å². The maximum atomic E-state index is 10.3. The first-order valence-electron chi connectivity index (χ1n) is 6.59. The Morgan fingerprint density at radius 3 is 2.76 bits per heavy atom. The summed E-state index contributed by atoms with van der Waals surface area (Å²) in [5.41, 5.74) is 1.58. The van der Waals surface area contributed by atoms with Crippen LogP contribution in [0.5, 0.6) is 17.2 Å². The van der Waals surface area contributed by atoms with Crippen LogP contribution < -0.4 is 9.47 Å². The van der Waals surface area contributed by atoms with Crippen molar-refractivity contribution in [2.45, 2.75) is 18.6 Å². The number of phenols is 1. The van der Waals surface area contributed by atoms with E-state index in [1.165, 1.54) is 7.11 Å². The molecule has 1 aliphatic heterocycles. The van der Waals surface area contributed by atoms with Gasteiger partial charge in [0, 0.05) is 16.5 Å². The Kier molecular flexibility index (Phi) is 3.78. The third-order valence-corrected chi connectivity index (χ3v) is 4.11. The zero-order chi connectivity index (χ0) is 15.0. The number of halogens is 1. The summed E-state index contributed by atoms with van der Waals surface area (Å²) >= 11 is 3.39. The Balaban J connectivity index is 1.92. The number of methoxy groups -OCH3 is 1. The molecule has 0 saturated heterocycles. The number of benzene rings is 2. The van der Waals surface area contributed by atoms with Crippen molar-refractivity contribution < 1.29 is 19.7 Å². The van der Waals surface area contributed by atoms with Crippen LogP contribution in [0.2, 0.25) is 0 Å². The van der Waals surface area contributed by atoms with E-state index in [0.29, 0.717) is 17.9 Å². The van der Waals surface area contributed by atoms with Gasteiger partial charge >= 0.3 is 0 Å². The van der Waals surface area contributed by atoms with Crippen LogP contribution in [0.25, 0.3) is 0 Å². The predicted molar refractivity (Wildman–Crippen MR) is 81.7 cm³/mol. The Morgan fingerprint density at radius 1 is 1.24 bits per heavy atom. The zero-order valence-electron chi connectivity index (χ0n) is 11.4. The average molecular weight is 351 g/mol. The lowest BCUT2D eigenvalue weighted by molar-refractivity contribution is 0.0655. The second kappa shape index (κ2) is 5.58. The number of rotatable bonds is 2. The van der Waals surface area contributed by atoms with Gasteiger partial charge in [-0.2, -0.15) is 0 Å².